The van der Waals surface area contributed by atoms with E-state index < -0.39 is 0 Å². The Morgan fingerprint density at radius 1 is 1.38 bits per heavy atom. The van der Waals surface area contributed by atoms with E-state index in [9.17, 15) is 10.2 Å². The molecule has 3 N–H and O–H groups in total. The largest absolute Gasteiger partial charge is 0.504 e. The summed E-state index contributed by atoms with van der Waals surface area (Å²) in [5.74, 6) is -0.479. The number of hydrogen-bond acceptors (Lipinski definition) is 5. The Morgan fingerprint density at radius 3 is 2.62 bits per heavy atom. The van der Waals surface area contributed by atoms with Gasteiger partial charge < -0.3 is 20.2 Å². The van der Waals surface area contributed by atoms with Crippen LogP contribution >= 0.6 is 0 Å². The number of rotatable bonds is 2. The molecule has 0 aromatic heterocycles. The first kappa shape index (κ1) is 9.18. The molecule has 0 aliphatic rings. The van der Waals surface area contributed by atoms with Crippen LogP contribution in [0.1, 0.15) is 5.56 Å². The lowest BCUT2D eigenvalue weighted by Gasteiger charge is -2.06. The number of oxime groups is 1. The summed E-state index contributed by atoms with van der Waals surface area (Å²) in [7, 11) is 1.31. The smallest absolute Gasteiger partial charge is 0.203 e. The third kappa shape index (κ3) is 1.64. The van der Waals surface area contributed by atoms with Gasteiger partial charge in [-0.15, -0.1) is 0 Å². The minimum absolute atomic E-state index is 0.0441. The maximum Gasteiger partial charge on any atom is 0.203 e. The van der Waals surface area contributed by atoms with Crippen molar-refractivity contribution >= 4 is 6.21 Å². The molecule has 0 fully saturated rings. The van der Waals surface area contributed by atoms with E-state index in [-0.39, 0.29) is 22.8 Å². The summed E-state index contributed by atoms with van der Waals surface area (Å²) in [6.07, 6.45) is 1.04. The molecule has 0 radical (unpaired) electrons. The number of benzene rings is 1. The molecule has 70 valence electrons. The minimum Gasteiger partial charge on any atom is -0.504 e. The highest BCUT2D eigenvalue weighted by molar-refractivity contribution is 5.85. The van der Waals surface area contributed by atoms with Crippen LogP contribution in [0.5, 0.6) is 17.2 Å². The average Bonchev–Trinajstić information content (AvgIpc) is 2.11. The molecule has 0 heterocycles. The SMILES string of the molecule is COc1c(O)ccc(C=NO)c1O. The van der Waals surface area contributed by atoms with Crippen molar-refractivity contribution in [2.45, 2.75) is 0 Å². The van der Waals surface area contributed by atoms with Gasteiger partial charge in [-0.3, -0.25) is 0 Å². The molecule has 1 aromatic carbocycles. The first-order valence-corrected chi connectivity index (χ1v) is 3.47. The summed E-state index contributed by atoms with van der Waals surface area (Å²) in [5, 5.41) is 29.6. The Labute approximate surface area is 74.5 Å². The Bertz CT molecular complexity index is 335. The lowest BCUT2D eigenvalue weighted by molar-refractivity contribution is 0.321. The molecule has 0 aliphatic carbocycles. The van der Waals surface area contributed by atoms with E-state index in [1.165, 1.54) is 19.2 Å². The summed E-state index contributed by atoms with van der Waals surface area (Å²) >= 11 is 0. The van der Waals surface area contributed by atoms with Gasteiger partial charge in [0.2, 0.25) is 5.75 Å². The van der Waals surface area contributed by atoms with E-state index in [1.807, 2.05) is 0 Å². The summed E-state index contributed by atoms with van der Waals surface area (Å²) in [4.78, 5) is 0. The van der Waals surface area contributed by atoms with Crippen molar-refractivity contribution < 1.29 is 20.2 Å². The Morgan fingerprint density at radius 2 is 2.08 bits per heavy atom. The highest BCUT2D eigenvalue weighted by Crippen LogP contribution is 2.37. The molecular weight excluding hydrogens is 174 g/mol. The van der Waals surface area contributed by atoms with Gasteiger partial charge >= 0.3 is 0 Å². The van der Waals surface area contributed by atoms with Gasteiger partial charge in [-0.05, 0) is 12.1 Å². The van der Waals surface area contributed by atoms with Gasteiger partial charge in [0.05, 0.1) is 13.3 Å². The zero-order valence-corrected chi connectivity index (χ0v) is 6.93. The molecule has 0 saturated heterocycles. The topological polar surface area (TPSA) is 82.3 Å². The van der Waals surface area contributed by atoms with E-state index >= 15 is 0 Å². The number of hydrogen-bond donors (Lipinski definition) is 3. The number of aromatic hydroxyl groups is 2. The van der Waals surface area contributed by atoms with Crippen molar-refractivity contribution in [2.75, 3.05) is 7.11 Å². The molecule has 0 aliphatic heterocycles. The standard InChI is InChI=1S/C8H9NO4/c1-13-8-6(10)3-2-5(4-9-12)7(8)11/h2-4,10-12H,1H3. The van der Waals surface area contributed by atoms with Gasteiger partial charge in [0.25, 0.3) is 0 Å². The summed E-state index contributed by atoms with van der Waals surface area (Å²) < 4.78 is 4.72. The van der Waals surface area contributed by atoms with Crippen molar-refractivity contribution in [1.82, 2.24) is 0 Å². The highest BCUT2D eigenvalue weighted by Gasteiger charge is 2.10. The molecule has 1 aromatic rings. The van der Waals surface area contributed by atoms with Crippen molar-refractivity contribution in [3.8, 4) is 17.2 Å². The van der Waals surface area contributed by atoms with E-state index in [2.05, 4.69) is 5.16 Å². The van der Waals surface area contributed by atoms with Crippen LogP contribution in [-0.2, 0) is 0 Å². The summed E-state index contributed by atoms with van der Waals surface area (Å²) in [6, 6.07) is 2.72. The molecule has 1 rings (SSSR count). The van der Waals surface area contributed by atoms with Gasteiger partial charge in [-0.1, -0.05) is 5.16 Å². The fourth-order valence-electron chi connectivity index (χ4n) is 0.943. The van der Waals surface area contributed by atoms with Crippen LogP contribution in [-0.4, -0.2) is 28.7 Å². The summed E-state index contributed by atoms with van der Waals surface area (Å²) in [6.45, 7) is 0. The van der Waals surface area contributed by atoms with Gasteiger partial charge in [0, 0.05) is 5.56 Å². The van der Waals surface area contributed by atoms with Gasteiger partial charge in [0.1, 0.15) is 0 Å². The predicted molar refractivity (Wildman–Crippen MR) is 45.7 cm³/mol. The van der Waals surface area contributed by atoms with Gasteiger partial charge in [-0.2, -0.15) is 0 Å². The molecule has 0 unspecified atom stereocenters. The van der Waals surface area contributed by atoms with Gasteiger partial charge in [-0.25, -0.2) is 0 Å². The predicted octanol–water partition coefficient (Wildman–Crippen LogP) is 0.914. The van der Waals surface area contributed by atoms with Crippen molar-refractivity contribution in [3.05, 3.63) is 17.7 Å². The fourth-order valence-corrected chi connectivity index (χ4v) is 0.943. The number of nitrogens with zero attached hydrogens (tertiary/aromatic N) is 1. The number of phenolic OH excluding ortho intramolecular Hbond substituents is 2. The Hall–Kier alpha value is -1.91. The van der Waals surface area contributed by atoms with Crippen LogP contribution < -0.4 is 4.74 Å². The van der Waals surface area contributed by atoms with Crippen LogP contribution in [0, 0.1) is 0 Å². The molecule has 0 saturated carbocycles. The van der Waals surface area contributed by atoms with Crippen LogP contribution in [0.2, 0.25) is 0 Å². The van der Waals surface area contributed by atoms with Crippen LogP contribution in [0.15, 0.2) is 17.3 Å². The van der Waals surface area contributed by atoms with E-state index in [0.717, 1.165) is 6.21 Å². The molecule has 0 bridgehead atoms. The summed E-state index contributed by atoms with van der Waals surface area (Å²) in [5.41, 5.74) is 0.261. The Kier molecular flexibility index (Phi) is 2.59. The fraction of sp³-hybridized carbons (Fsp3) is 0.125. The zero-order chi connectivity index (χ0) is 9.84. The normalized spacial score (nSPS) is 10.5. The molecule has 0 amide bonds. The number of methoxy groups -OCH3 is 1. The van der Waals surface area contributed by atoms with Crippen LogP contribution in [0.4, 0.5) is 0 Å². The quantitative estimate of drug-likeness (QED) is 0.361. The Balaban J connectivity index is 3.27. The first-order valence-electron chi connectivity index (χ1n) is 3.47. The number of phenols is 2. The second-order valence-corrected chi connectivity index (χ2v) is 2.30. The second-order valence-electron chi connectivity index (χ2n) is 2.30. The van der Waals surface area contributed by atoms with Crippen molar-refractivity contribution in [1.29, 1.82) is 0 Å². The maximum absolute atomic E-state index is 9.41. The zero-order valence-electron chi connectivity index (χ0n) is 6.93. The third-order valence-electron chi connectivity index (χ3n) is 1.54. The van der Waals surface area contributed by atoms with Crippen LogP contribution in [0.25, 0.3) is 0 Å². The maximum atomic E-state index is 9.41. The first-order chi connectivity index (χ1) is 6.20. The van der Waals surface area contributed by atoms with Crippen molar-refractivity contribution in [3.63, 3.8) is 0 Å². The monoisotopic (exact) mass is 183 g/mol. The van der Waals surface area contributed by atoms with E-state index in [4.69, 9.17) is 9.94 Å². The van der Waals surface area contributed by atoms with Crippen LogP contribution in [0.3, 0.4) is 0 Å². The minimum atomic E-state index is -0.264. The molecule has 13 heavy (non-hydrogen) atoms. The third-order valence-corrected chi connectivity index (χ3v) is 1.54. The molecule has 0 atom stereocenters. The molecule has 5 nitrogen and oxygen atoms in total. The lowest BCUT2D eigenvalue weighted by atomic mass is 10.2. The molecular formula is C8H9NO4. The lowest BCUT2D eigenvalue weighted by Crippen LogP contribution is -1.89. The number of ether oxygens (including phenoxy) is 1. The van der Waals surface area contributed by atoms with Gasteiger partial charge in [0.15, 0.2) is 11.5 Å². The average molecular weight is 183 g/mol. The second kappa shape index (κ2) is 3.66. The van der Waals surface area contributed by atoms with Crippen molar-refractivity contribution in [2.24, 2.45) is 5.16 Å². The highest BCUT2D eigenvalue weighted by atomic mass is 16.5. The molecule has 0 spiro atoms. The molecule has 5 heteroatoms. The van der Waals surface area contributed by atoms with E-state index in [1.54, 1.807) is 0 Å². The van der Waals surface area contributed by atoms with E-state index in [0.29, 0.717) is 0 Å².